The standard InChI is InChI=1S/C20H24N2O3/c1-16-13-21-11-12-22(16)20(23)15-25-19-10-6-5-9-18(19)24-14-17-7-3-2-4-8-17/h2-10,16,21H,11-15H2,1H3/t16-/m1/s1. The molecule has 0 spiro atoms. The normalized spacial score (nSPS) is 17.2. The first-order valence-electron chi connectivity index (χ1n) is 8.63. The third-order valence-corrected chi connectivity index (χ3v) is 4.26. The lowest BCUT2D eigenvalue weighted by Crippen LogP contribution is -2.53. The molecule has 5 nitrogen and oxygen atoms in total. The molecule has 1 aliphatic rings. The molecule has 25 heavy (non-hydrogen) atoms. The van der Waals surface area contributed by atoms with Crippen molar-refractivity contribution >= 4 is 5.91 Å². The predicted molar refractivity (Wildman–Crippen MR) is 96.8 cm³/mol. The molecule has 2 aromatic carbocycles. The minimum Gasteiger partial charge on any atom is -0.485 e. The van der Waals surface area contributed by atoms with Crippen molar-refractivity contribution in [1.82, 2.24) is 10.2 Å². The van der Waals surface area contributed by atoms with Gasteiger partial charge in [-0.05, 0) is 24.6 Å². The van der Waals surface area contributed by atoms with Gasteiger partial charge in [0.05, 0.1) is 0 Å². The van der Waals surface area contributed by atoms with Crippen LogP contribution in [0.5, 0.6) is 11.5 Å². The van der Waals surface area contributed by atoms with Crippen molar-refractivity contribution in [3.8, 4) is 11.5 Å². The highest BCUT2D eigenvalue weighted by atomic mass is 16.5. The number of para-hydroxylation sites is 2. The Hall–Kier alpha value is -2.53. The molecular formula is C20H24N2O3. The Morgan fingerprint density at radius 3 is 2.48 bits per heavy atom. The Morgan fingerprint density at radius 2 is 1.76 bits per heavy atom. The molecule has 0 bridgehead atoms. The van der Waals surface area contributed by atoms with E-state index in [9.17, 15) is 4.79 Å². The van der Waals surface area contributed by atoms with E-state index >= 15 is 0 Å². The number of rotatable bonds is 6. The summed E-state index contributed by atoms with van der Waals surface area (Å²) in [7, 11) is 0. The van der Waals surface area contributed by atoms with Crippen LogP contribution in [-0.4, -0.2) is 43.1 Å². The molecule has 1 heterocycles. The molecular weight excluding hydrogens is 316 g/mol. The number of amides is 1. The zero-order valence-electron chi connectivity index (χ0n) is 14.5. The number of carbonyl (C=O) groups is 1. The molecule has 0 saturated carbocycles. The van der Waals surface area contributed by atoms with E-state index in [4.69, 9.17) is 9.47 Å². The zero-order chi connectivity index (χ0) is 17.5. The molecule has 132 valence electrons. The van der Waals surface area contributed by atoms with Crippen LogP contribution in [0.15, 0.2) is 54.6 Å². The number of nitrogens with one attached hydrogen (secondary N) is 1. The van der Waals surface area contributed by atoms with E-state index < -0.39 is 0 Å². The van der Waals surface area contributed by atoms with Crippen molar-refractivity contribution in [3.05, 3.63) is 60.2 Å². The van der Waals surface area contributed by atoms with Crippen LogP contribution in [0.3, 0.4) is 0 Å². The molecule has 0 aromatic heterocycles. The fourth-order valence-electron chi connectivity index (χ4n) is 2.86. The maximum absolute atomic E-state index is 12.4. The first kappa shape index (κ1) is 17.3. The number of hydrogen-bond acceptors (Lipinski definition) is 4. The summed E-state index contributed by atoms with van der Waals surface area (Å²) in [5.74, 6) is 1.24. The van der Waals surface area contributed by atoms with Gasteiger partial charge < -0.3 is 19.7 Å². The molecule has 0 radical (unpaired) electrons. The second kappa shape index (κ2) is 8.53. The first-order chi connectivity index (χ1) is 12.2. The van der Waals surface area contributed by atoms with Crippen LogP contribution in [-0.2, 0) is 11.4 Å². The van der Waals surface area contributed by atoms with Crippen molar-refractivity contribution in [2.24, 2.45) is 0 Å². The molecule has 3 rings (SSSR count). The Balaban J connectivity index is 1.58. The van der Waals surface area contributed by atoms with Crippen LogP contribution < -0.4 is 14.8 Å². The summed E-state index contributed by atoms with van der Waals surface area (Å²) in [4.78, 5) is 14.3. The largest absolute Gasteiger partial charge is 0.485 e. The molecule has 0 aliphatic carbocycles. The van der Waals surface area contributed by atoms with Crippen LogP contribution in [0.1, 0.15) is 12.5 Å². The van der Waals surface area contributed by atoms with Crippen molar-refractivity contribution in [2.45, 2.75) is 19.6 Å². The predicted octanol–water partition coefficient (Wildman–Crippen LogP) is 2.46. The highest BCUT2D eigenvalue weighted by Gasteiger charge is 2.23. The van der Waals surface area contributed by atoms with E-state index in [1.54, 1.807) is 0 Å². The minimum absolute atomic E-state index is 0.00635. The molecule has 1 amide bonds. The molecule has 2 aromatic rings. The van der Waals surface area contributed by atoms with Gasteiger partial charge in [-0.25, -0.2) is 0 Å². The summed E-state index contributed by atoms with van der Waals surface area (Å²) < 4.78 is 11.6. The van der Waals surface area contributed by atoms with Crippen LogP contribution in [0, 0.1) is 0 Å². The van der Waals surface area contributed by atoms with E-state index in [-0.39, 0.29) is 18.6 Å². The van der Waals surface area contributed by atoms with Crippen LogP contribution in [0.2, 0.25) is 0 Å². The van der Waals surface area contributed by atoms with Crippen molar-refractivity contribution < 1.29 is 14.3 Å². The van der Waals surface area contributed by atoms with Gasteiger partial charge in [0, 0.05) is 25.7 Å². The fourth-order valence-corrected chi connectivity index (χ4v) is 2.86. The van der Waals surface area contributed by atoms with Crippen LogP contribution >= 0.6 is 0 Å². The first-order valence-corrected chi connectivity index (χ1v) is 8.63. The molecule has 0 unspecified atom stereocenters. The summed E-state index contributed by atoms with van der Waals surface area (Å²) in [6.07, 6.45) is 0. The maximum atomic E-state index is 12.4. The highest BCUT2D eigenvalue weighted by molar-refractivity contribution is 5.78. The summed E-state index contributed by atoms with van der Waals surface area (Å²) in [5, 5.41) is 3.28. The average Bonchev–Trinajstić information content (AvgIpc) is 2.66. The van der Waals surface area contributed by atoms with Crippen LogP contribution in [0.4, 0.5) is 0 Å². The quantitative estimate of drug-likeness (QED) is 0.878. The van der Waals surface area contributed by atoms with Gasteiger partial charge in [-0.1, -0.05) is 42.5 Å². The van der Waals surface area contributed by atoms with Gasteiger partial charge in [-0.15, -0.1) is 0 Å². The van der Waals surface area contributed by atoms with E-state index in [1.165, 1.54) is 0 Å². The number of nitrogens with zero attached hydrogens (tertiary/aromatic N) is 1. The lowest BCUT2D eigenvalue weighted by molar-refractivity contribution is -0.136. The minimum atomic E-state index is 0.00635. The monoisotopic (exact) mass is 340 g/mol. The maximum Gasteiger partial charge on any atom is 0.260 e. The highest BCUT2D eigenvalue weighted by Crippen LogP contribution is 2.27. The lowest BCUT2D eigenvalue weighted by Gasteiger charge is -2.33. The van der Waals surface area contributed by atoms with E-state index in [1.807, 2.05) is 66.4 Å². The van der Waals surface area contributed by atoms with E-state index in [0.717, 1.165) is 25.2 Å². The third-order valence-electron chi connectivity index (χ3n) is 4.26. The smallest absolute Gasteiger partial charge is 0.260 e. The van der Waals surface area contributed by atoms with Crippen molar-refractivity contribution in [2.75, 3.05) is 26.2 Å². The Morgan fingerprint density at radius 1 is 1.08 bits per heavy atom. The molecule has 1 fully saturated rings. The fraction of sp³-hybridized carbons (Fsp3) is 0.350. The van der Waals surface area contributed by atoms with Gasteiger partial charge in [0.15, 0.2) is 18.1 Å². The Kier molecular flexibility index (Phi) is 5.90. The number of benzene rings is 2. The van der Waals surface area contributed by atoms with Gasteiger partial charge >= 0.3 is 0 Å². The number of carbonyl (C=O) groups excluding carboxylic acids is 1. The van der Waals surface area contributed by atoms with E-state index in [0.29, 0.717) is 18.1 Å². The topological polar surface area (TPSA) is 50.8 Å². The lowest BCUT2D eigenvalue weighted by atomic mass is 10.2. The van der Waals surface area contributed by atoms with Crippen molar-refractivity contribution in [3.63, 3.8) is 0 Å². The van der Waals surface area contributed by atoms with Gasteiger partial charge in [0.25, 0.3) is 5.91 Å². The van der Waals surface area contributed by atoms with Crippen molar-refractivity contribution in [1.29, 1.82) is 0 Å². The Labute approximate surface area is 148 Å². The molecule has 1 N–H and O–H groups in total. The van der Waals surface area contributed by atoms with Gasteiger partial charge in [-0.3, -0.25) is 4.79 Å². The SMILES string of the molecule is C[C@@H]1CNCCN1C(=O)COc1ccccc1OCc1ccccc1. The number of piperazine rings is 1. The molecule has 5 heteroatoms. The van der Waals surface area contributed by atoms with E-state index in [2.05, 4.69) is 5.32 Å². The average molecular weight is 340 g/mol. The number of ether oxygens (including phenoxy) is 2. The van der Waals surface area contributed by atoms with Gasteiger partial charge in [0.2, 0.25) is 0 Å². The van der Waals surface area contributed by atoms with Crippen LogP contribution in [0.25, 0.3) is 0 Å². The summed E-state index contributed by atoms with van der Waals surface area (Å²) in [5.41, 5.74) is 1.09. The second-order valence-electron chi connectivity index (χ2n) is 6.15. The van der Waals surface area contributed by atoms with Gasteiger partial charge in [0.1, 0.15) is 6.61 Å². The number of hydrogen-bond donors (Lipinski definition) is 1. The summed E-state index contributed by atoms with van der Waals surface area (Å²) in [6, 6.07) is 17.6. The summed E-state index contributed by atoms with van der Waals surface area (Å²) in [6.45, 7) is 4.89. The van der Waals surface area contributed by atoms with Gasteiger partial charge in [-0.2, -0.15) is 0 Å². The Bertz CT molecular complexity index is 690. The third kappa shape index (κ3) is 4.73. The second-order valence-corrected chi connectivity index (χ2v) is 6.15. The molecule has 1 saturated heterocycles. The molecule has 1 atom stereocenters. The zero-order valence-corrected chi connectivity index (χ0v) is 14.5. The molecule has 1 aliphatic heterocycles. The summed E-state index contributed by atoms with van der Waals surface area (Å²) >= 11 is 0.